The number of hydrogen-bond acceptors (Lipinski definition) is 4. The fraction of sp³-hybridized carbons (Fsp3) is 0.583. The van der Waals surface area contributed by atoms with Crippen molar-refractivity contribution in [3.05, 3.63) is 46.3 Å². The van der Waals surface area contributed by atoms with E-state index in [0.29, 0.717) is 18.3 Å². The number of unbranched alkanes of at least 4 members (excludes halogenated alkanes) is 1. The summed E-state index contributed by atoms with van der Waals surface area (Å²) >= 11 is 0. The van der Waals surface area contributed by atoms with E-state index in [9.17, 15) is 9.59 Å². The molecular weight excluding hydrogens is 352 g/mol. The van der Waals surface area contributed by atoms with Crippen LogP contribution in [0.25, 0.3) is 0 Å². The average Bonchev–Trinajstić information content (AvgIpc) is 3.19. The first-order valence-electron chi connectivity index (χ1n) is 10.9. The average molecular weight is 380 g/mol. The quantitative estimate of drug-likeness (QED) is 0.650. The first-order valence-corrected chi connectivity index (χ1v) is 10.9. The van der Waals surface area contributed by atoms with Crippen molar-refractivity contribution >= 4 is 11.9 Å². The van der Waals surface area contributed by atoms with Gasteiger partial charge in [-0.2, -0.15) is 0 Å². The molecule has 0 saturated heterocycles. The third-order valence-electron chi connectivity index (χ3n) is 7.45. The van der Waals surface area contributed by atoms with Crippen LogP contribution >= 0.6 is 0 Å². The topological polar surface area (TPSA) is 52.6 Å². The Morgan fingerprint density at radius 1 is 1.14 bits per heavy atom. The van der Waals surface area contributed by atoms with Crippen LogP contribution in [0.5, 0.6) is 0 Å². The summed E-state index contributed by atoms with van der Waals surface area (Å²) in [7, 11) is 0. The van der Waals surface area contributed by atoms with Gasteiger partial charge in [0.25, 0.3) is 0 Å². The van der Waals surface area contributed by atoms with Crippen molar-refractivity contribution in [2.75, 3.05) is 0 Å². The van der Waals surface area contributed by atoms with Crippen molar-refractivity contribution in [2.24, 2.45) is 17.8 Å². The number of allylic oxidation sites excluding steroid dienone is 3. The molecule has 3 aliphatic carbocycles. The predicted octanol–water partition coefficient (Wildman–Crippen LogP) is 4.92. The summed E-state index contributed by atoms with van der Waals surface area (Å²) in [5.41, 5.74) is 3.46. The van der Waals surface area contributed by atoms with E-state index in [1.54, 1.807) is 0 Å². The summed E-state index contributed by atoms with van der Waals surface area (Å²) in [5, 5.41) is 0. The van der Waals surface area contributed by atoms with Crippen molar-refractivity contribution in [3.8, 4) is 0 Å². The van der Waals surface area contributed by atoms with E-state index in [0.717, 1.165) is 67.4 Å². The van der Waals surface area contributed by atoms with Crippen molar-refractivity contribution in [1.82, 2.24) is 0 Å². The molecule has 3 unspecified atom stereocenters. The van der Waals surface area contributed by atoms with Gasteiger partial charge < -0.3 is 9.47 Å². The van der Waals surface area contributed by atoms with Gasteiger partial charge >= 0.3 is 11.9 Å². The third kappa shape index (κ3) is 2.23. The molecule has 0 bridgehead atoms. The van der Waals surface area contributed by atoms with Crippen molar-refractivity contribution in [3.63, 3.8) is 0 Å². The van der Waals surface area contributed by atoms with Crippen molar-refractivity contribution < 1.29 is 19.1 Å². The molecule has 0 aromatic heterocycles. The molecule has 1 saturated carbocycles. The zero-order valence-corrected chi connectivity index (χ0v) is 16.8. The normalized spacial score (nSPS) is 37.1. The van der Waals surface area contributed by atoms with E-state index >= 15 is 0 Å². The Kier molecular flexibility index (Phi) is 4.15. The zero-order chi connectivity index (χ0) is 19.5. The smallest absolute Gasteiger partial charge is 0.339 e. The SMILES string of the molecule is CCC/C=C1\OC(=O)C2=C1CC1C(C2)C2(OC(=O)C3=C2CCC=C3)[C@H]1CCC. The number of esters is 2. The lowest BCUT2D eigenvalue weighted by Gasteiger charge is -2.61. The second-order valence-corrected chi connectivity index (χ2v) is 8.79. The zero-order valence-electron chi connectivity index (χ0n) is 16.8. The molecule has 5 rings (SSSR count). The highest BCUT2D eigenvalue weighted by atomic mass is 16.6. The highest BCUT2D eigenvalue weighted by Crippen LogP contribution is 2.67. The third-order valence-corrected chi connectivity index (χ3v) is 7.45. The van der Waals surface area contributed by atoms with Crippen LogP contribution in [0, 0.1) is 17.8 Å². The number of hydrogen-bond donors (Lipinski definition) is 0. The van der Waals surface area contributed by atoms with Gasteiger partial charge in [0.15, 0.2) is 0 Å². The number of carbonyl (C=O) groups excluding carboxylic acids is 2. The van der Waals surface area contributed by atoms with Gasteiger partial charge in [-0.25, -0.2) is 9.59 Å². The fourth-order valence-electron chi connectivity index (χ4n) is 6.35. The van der Waals surface area contributed by atoms with E-state index in [-0.39, 0.29) is 17.9 Å². The van der Waals surface area contributed by atoms with Gasteiger partial charge in [0.05, 0.1) is 5.57 Å². The summed E-state index contributed by atoms with van der Waals surface area (Å²) in [6, 6.07) is 0. The van der Waals surface area contributed by atoms with E-state index in [1.807, 2.05) is 6.08 Å². The minimum atomic E-state index is -0.480. The molecule has 1 spiro atoms. The van der Waals surface area contributed by atoms with Crippen LogP contribution in [-0.4, -0.2) is 17.5 Å². The molecule has 0 aromatic carbocycles. The van der Waals surface area contributed by atoms with Gasteiger partial charge in [-0.05, 0) is 56.1 Å². The van der Waals surface area contributed by atoms with Gasteiger partial charge in [0.1, 0.15) is 11.4 Å². The molecule has 28 heavy (non-hydrogen) atoms. The summed E-state index contributed by atoms with van der Waals surface area (Å²) in [4.78, 5) is 25.2. The molecule has 2 aliphatic heterocycles. The minimum Gasteiger partial charge on any atom is -0.450 e. The van der Waals surface area contributed by atoms with Crippen LogP contribution in [0.2, 0.25) is 0 Å². The highest BCUT2D eigenvalue weighted by Gasteiger charge is 2.69. The first-order chi connectivity index (χ1) is 13.6. The number of ether oxygens (including phenoxy) is 2. The monoisotopic (exact) mass is 380 g/mol. The Morgan fingerprint density at radius 3 is 2.79 bits per heavy atom. The second kappa shape index (κ2) is 6.47. The maximum atomic E-state index is 12.7. The van der Waals surface area contributed by atoms with Crippen molar-refractivity contribution in [1.29, 1.82) is 0 Å². The highest BCUT2D eigenvalue weighted by molar-refractivity contribution is 5.98. The molecule has 0 aromatic rings. The van der Waals surface area contributed by atoms with Crippen LogP contribution in [-0.2, 0) is 19.1 Å². The Balaban J connectivity index is 1.54. The van der Waals surface area contributed by atoms with Crippen LogP contribution in [0.1, 0.15) is 65.2 Å². The maximum Gasteiger partial charge on any atom is 0.339 e. The molecule has 0 N–H and O–H groups in total. The largest absolute Gasteiger partial charge is 0.450 e. The molecule has 4 heteroatoms. The molecule has 0 radical (unpaired) electrons. The fourth-order valence-corrected chi connectivity index (χ4v) is 6.35. The number of cyclic esters (lactones) is 1. The Hall–Kier alpha value is -2.10. The number of rotatable bonds is 4. The molecule has 4 atom stereocenters. The van der Waals surface area contributed by atoms with E-state index in [4.69, 9.17) is 9.47 Å². The van der Waals surface area contributed by atoms with Gasteiger partial charge in [-0.15, -0.1) is 0 Å². The molecule has 1 fully saturated rings. The van der Waals surface area contributed by atoms with Crippen LogP contribution in [0.4, 0.5) is 0 Å². The van der Waals surface area contributed by atoms with Gasteiger partial charge in [-0.3, -0.25) is 0 Å². The summed E-state index contributed by atoms with van der Waals surface area (Å²) in [6.07, 6.45) is 13.6. The van der Waals surface area contributed by atoms with E-state index < -0.39 is 5.60 Å². The summed E-state index contributed by atoms with van der Waals surface area (Å²) in [6.45, 7) is 4.33. The van der Waals surface area contributed by atoms with Crippen LogP contribution in [0.15, 0.2) is 46.3 Å². The lowest BCUT2D eigenvalue weighted by molar-refractivity contribution is -0.203. The molecule has 0 amide bonds. The van der Waals surface area contributed by atoms with E-state index in [1.165, 1.54) is 5.57 Å². The number of carbonyl (C=O) groups is 2. The van der Waals surface area contributed by atoms with Gasteiger partial charge in [0, 0.05) is 23.0 Å². The first kappa shape index (κ1) is 18.0. The van der Waals surface area contributed by atoms with E-state index in [2.05, 4.69) is 26.0 Å². The standard InChI is InChI=1S/C24H28O4/c1-3-5-11-21-15-12-17-18(8-4-2)24(20(17)13-16(15)22(25)27-21)19-10-7-6-9-14(19)23(26)28-24/h6,9,11,17-18,20H,3-5,7-8,10,12-13H2,1-2H3/b21-11-/t17?,18-,20?,24?/m0/s1. The van der Waals surface area contributed by atoms with Gasteiger partial charge in [0.2, 0.25) is 0 Å². The molecule has 5 aliphatic rings. The Bertz CT molecular complexity index is 871. The number of fused-ring (bicyclic) bond motifs is 3. The van der Waals surface area contributed by atoms with Gasteiger partial charge in [-0.1, -0.05) is 38.8 Å². The summed E-state index contributed by atoms with van der Waals surface area (Å²) in [5.74, 6) is 1.46. The Morgan fingerprint density at radius 2 is 2.00 bits per heavy atom. The second-order valence-electron chi connectivity index (χ2n) is 8.79. The Labute approximate surface area is 166 Å². The molecule has 2 heterocycles. The molecule has 4 nitrogen and oxygen atoms in total. The van der Waals surface area contributed by atoms with Crippen LogP contribution < -0.4 is 0 Å². The minimum absolute atomic E-state index is 0.164. The maximum absolute atomic E-state index is 12.7. The lowest BCUT2D eigenvalue weighted by atomic mass is 9.45. The predicted molar refractivity (Wildman–Crippen MR) is 105 cm³/mol. The summed E-state index contributed by atoms with van der Waals surface area (Å²) < 4.78 is 11.8. The molecular formula is C24H28O4. The molecule has 148 valence electrons. The van der Waals surface area contributed by atoms with Crippen molar-refractivity contribution in [2.45, 2.75) is 70.8 Å². The van der Waals surface area contributed by atoms with Crippen LogP contribution in [0.3, 0.4) is 0 Å². The lowest BCUT2D eigenvalue weighted by Crippen LogP contribution is -2.64.